The minimum Gasteiger partial charge on any atom is -0.395 e. The second-order valence-electron chi connectivity index (χ2n) is 4.73. The maximum atomic E-state index is 12.3. The fourth-order valence-corrected chi connectivity index (χ4v) is 3.49. The number of aryl methyl sites for hydroxylation is 2. The standard InChI is InChI=1S/C13H19NO2S/c1-9(2)14(6-7-15)13(16)12-8-10-4-3-5-11(10)17-12/h8-9,15H,3-7H2,1-2H3. The Morgan fingerprint density at radius 2 is 2.29 bits per heavy atom. The van der Waals surface area contributed by atoms with Crippen molar-refractivity contribution in [2.45, 2.75) is 39.2 Å². The molecule has 4 heteroatoms. The van der Waals surface area contributed by atoms with E-state index < -0.39 is 0 Å². The van der Waals surface area contributed by atoms with Crippen LogP contribution in [0, 0.1) is 0 Å². The molecule has 17 heavy (non-hydrogen) atoms. The van der Waals surface area contributed by atoms with Crippen LogP contribution in [0.15, 0.2) is 6.07 Å². The van der Waals surface area contributed by atoms with E-state index in [0.717, 1.165) is 17.7 Å². The molecule has 0 saturated carbocycles. The van der Waals surface area contributed by atoms with E-state index in [0.29, 0.717) is 6.54 Å². The van der Waals surface area contributed by atoms with Crippen LogP contribution >= 0.6 is 11.3 Å². The van der Waals surface area contributed by atoms with E-state index >= 15 is 0 Å². The first-order valence-corrected chi connectivity index (χ1v) is 6.98. The minimum atomic E-state index is 0.0228. The minimum absolute atomic E-state index is 0.0228. The molecule has 1 heterocycles. The lowest BCUT2D eigenvalue weighted by atomic mass is 10.2. The summed E-state index contributed by atoms with van der Waals surface area (Å²) in [5.41, 5.74) is 1.35. The van der Waals surface area contributed by atoms with Gasteiger partial charge in [-0.05, 0) is 44.7 Å². The summed E-state index contributed by atoms with van der Waals surface area (Å²) < 4.78 is 0. The summed E-state index contributed by atoms with van der Waals surface area (Å²) in [7, 11) is 0. The molecule has 0 aliphatic heterocycles. The molecule has 0 unspecified atom stereocenters. The van der Waals surface area contributed by atoms with E-state index in [1.807, 2.05) is 19.9 Å². The van der Waals surface area contributed by atoms with Crippen molar-refractivity contribution in [3.63, 3.8) is 0 Å². The van der Waals surface area contributed by atoms with Crippen molar-refractivity contribution in [2.24, 2.45) is 0 Å². The molecule has 2 rings (SSSR count). The Kier molecular flexibility index (Phi) is 3.84. The second kappa shape index (κ2) is 5.19. The molecule has 1 aromatic rings. The maximum Gasteiger partial charge on any atom is 0.264 e. The van der Waals surface area contributed by atoms with Gasteiger partial charge < -0.3 is 10.0 Å². The fraction of sp³-hybridized carbons (Fsp3) is 0.615. The number of carbonyl (C=O) groups is 1. The topological polar surface area (TPSA) is 40.5 Å². The number of hydrogen-bond donors (Lipinski definition) is 1. The molecule has 1 aliphatic rings. The highest BCUT2D eigenvalue weighted by Gasteiger charge is 2.23. The molecule has 1 aliphatic carbocycles. The zero-order valence-electron chi connectivity index (χ0n) is 10.4. The second-order valence-corrected chi connectivity index (χ2v) is 5.87. The molecule has 0 aromatic carbocycles. The van der Waals surface area contributed by atoms with Crippen LogP contribution in [-0.4, -0.2) is 35.1 Å². The molecule has 1 amide bonds. The molecule has 3 nitrogen and oxygen atoms in total. The van der Waals surface area contributed by atoms with Crippen LogP contribution in [0.25, 0.3) is 0 Å². The summed E-state index contributed by atoms with van der Waals surface area (Å²) in [5, 5.41) is 9.01. The predicted molar refractivity (Wildman–Crippen MR) is 69.6 cm³/mol. The van der Waals surface area contributed by atoms with E-state index in [2.05, 4.69) is 0 Å². The van der Waals surface area contributed by atoms with Crippen molar-refractivity contribution in [1.82, 2.24) is 4.90 Å². The highest BCUT2D eigenvalue weighted by Crippen LogP contribution is 2.31. The summed E-state index contributed by atoms with van der Waals surface area (Å²) in [6.07, 6.45) is 3.45. The Balaban J connectivity index is 2.17. The smallest absolute Gasteiger partial charge is 0.264 e. The molecular formula is C13H19NO2S. The molecule has 1 aromatic heterocycles. The summed E-state index contributed by atoms with van der Waals surface area (Å²) in [6, 6.07) is 2.17. The van der Waals surface area contributed by atoms with Gasteiger partial charge >= 0.3 is 0 Å². The fourth-order valence-electron chi connectivity index (χ4n) is 2.28. The molecule has 0 fully saturated rings. The average Bonchev–Trinajstić information content (AvgIpc) is 2.84. The highest BCUT2D eigenvalue weighted by atomic mass is 32.1. The van der Waals surface area contributed by atoms with Crippen LogP contribution in [0.3, 0.4) is 0 Å². The zero-order valence-corrected chi connectivity index (χ0v) is 11.2. The molecule has 0 radical (unpaired) electrons. The normalized spacial score (nSPS) is 14.1. The zero-order chi connectivity index (χ0) is 12.4. The van der Waals surface area contributed by atoms with Crippen LogP contribution in [-0.2, 0) is 12.8 Å². The summed E-state index contributed by atoms with van der Waals surface area (Å²) in [6.45, 7) is 4.40. The number of thiophene rings is 1. The van der Waals surface area contributed by atoms with Crippen LogP contribution in [0.2, 0.25) is 0 Å². The molecule has 1 N–H and O–H groups in total. The lowest BCUT2D eigenvalue weighted by Gasteiger charge is -2.25. The van der Waals surface area contributed by atoms with Gasteiger partial charge in [-0.1, -0.05) is 0 Å². The lowest BCUT2D eigenvalue weighted by molar-refractivity contribution is 0.0670. The van der Waals surface area contributed by atoms with Gasteiger partial charge in [-0.3, -0.25) is 4.79 Å². The SMILES string of the molecule is CC(C)N(CCO)C(=O)c1cc2c(s1)CCC2. The Morgan fingerprint density at radius 3 is 2.88 bits per heavy atom. The molecule has 0 spiro atoms. The molecule has 0 saturated heterocycles. The molecule has 0 bridgehead atoms. The number of aliphatic hydroxyl groups excluding tert-OH is 1. The number of hydrogen-bond acceptors (Lipinski definition) is 3. The van der Waals surface area contributed by atoms with Gasteiger partial charge in [-0.15, -0.1) is 11.3 Å². The van der Waals surface area contributed by atoms with Crippen molar-refractivity contribution >= 4 is 17.2 Å². The van der Waals surface area contributed by atoms with Crippen LogP contribution in [0.5, 0.6) is 0 Å². The average molecular weight is 253 g/mol. The number of amides is 1. The van der Waals surface area contributed by atoms with Gasteiger partial charge in [-0.25, -0.2) is 0 Å². The van der Waals surface area contributed by atoms with Crippen LogP contribution in [0.1, 0.15) is 40.4 Å². The first kappa shape index (κ1) is 12.6. The Labute approximate surface area is 106 Å². The van der Waals surface area contributed by atoms with Crippen LogP contribution < -0.4 is 0 Å². The molecule has 94 valence electrons. The number of rotatable bonds is 4. The first-order valence-electron chi connectivity index (χ1n) is 6.17. The number of fused-ring (bicyclic) bond motifs is 1. The Hall–Kier alpha value is -0.870. The molecular weight excluding hydrogens is 234 g/mol. The Bertz CT molecular complexity index is 390. The third-order valence-electron chi connectivity index (χ3n) is 3.18. The van der Waals surface area contributed by atoms with Crippen molar-refractivity contribution in [3.05, 3.63) is 21.4 Å². The van der Waals surface area contributed by atoms with E-state index in [1.54, 1.807) is 16.2 Å². The van der Waals surface area contributed by atoms with Crippen LogP contribution in [0.4, 0.5) is 0 Å². The lowest BCUT2D eigenvalue weighted by Crippen LogP contribution is -2.38. The van der Waals surface area contributed by atoms with E-state index in [-0.39, 0.29) is 18.6 Å². The first-order chi connectivity index (χ1) is 8.13. The van der Waals surface area contributed by atoms with Gasteiger partial charge in [0, 0.05) is 17.5 Å². The van der Waals surface area contributed by atoms with Crippen molar-refractivity contribution in [3.8, 4) is 0 Å². The summed E-state index contributed by atoms with van der Waals surface area (Å²) in [5.74, 6) is 0.0634. The largest absolute Gasteiger partial charge is 0.395 e. The van der Waals surface area contributed by atoms with Gasteiger partial charge in [0.1, 0.15) is 0 Å². The maximum absolute atomic E-state index is 12.3. The van der Waals surface area contributed by atoms with Crippen molar-refractivity contribution < 1.29 is 9.90 Å². The monoisotopic (exact) mass is 253 g/mol. The molecule has 0 atom stereocenters. The number of nitrogens with zero attached hydrogens (tertiary/aromatic N) is 1. The predicted octanol–water partition coefficient (Wildman–Crippen LogP) is 2.08. The highest BCUT2D eigenvalue weighted by molar-refractivity contribution is 7.14. The third-order valence-corrected chi connectivity index (χ3v) is 4.41. The third kappa shape index (κ3) is 2.53. The van der Waals surface area contributed by atoms with Gasteiger partial charge in [0.25, 0.3) is 5.91 Å². The van der Waals surface area contributed by atoms with Gasteiger partial charge in [0.15, 0.2) is 0 Å². The Morgan fingerprint density at radius 1 is 1.53 bits per heavy atom. The van der Waals surface area contributed by atoms with Crippen molar-refractivity contribution in [2.75, 3.05) is 13.2 Å². The van der Waals surface area contributed by atoms with Gasteiger partial charge in [0.2, 0.25) is 0 Å². The van der Waals surface area contributed by atoms with Gasteiger partial charge in [0.05, 0.1) is 11.5 Å². The summed E-state index contributed by atoms with van der Waals surface area (Å²) in [4.78, 5) is 16.3. The number of carbonyl (C=O) groups excluding carboxylic acids is 1. The van der Waals surface area contributed by atoms with E-state index in [1.165, 1.54) is 16.9 Å². The number of aliphatic hydroxyl groups is 1. The van der Waals surface area contributed by atoms with E-state index in [4.69, 9.17) is 5.11 Å². The summed E-state index contributed by atoms with van der Waals surface area (Å²) >= 11 is 1.63. The van der Waals surface area contributed by atoms with Gasteiger partial charge in [-0.2, -0.15) is 0 Å². The van der Waals surface area contributed by atoms with E-state index in [9.17, 15) is 4.79 Å². The quantitative estimate of drug-likeness (QED) is 0.892. The van der Waals surface area contributed by atoms with Crippen molar-refractivity contribution in [1.29, 1.82) is 0 Å².